The summed E-state index contributed by atoms with van der Waals surface area (Å²) in [6.45, 7) is 11.9. The average Bonchev–Trinajstić information content (AvgIpc) is 3.03. The molecule has 4 saturated carbocycles. The minimum atomic E-state index is 0.255. The third-order valence-corrected chi connectivity index (χ3v) is 10.9. The number of hydrogen-bond donors (Lipinski definition) is 1. The van der Waals surface area contributed by atoms with Crippen LogP contribution >= 0.6 is 0 Å². The minimum absolute atomic E-state index is 0.255. The molecule has 0 amide bonds. The predicted octanol–water partition coefficient (Wildman–Crippen LogP) is 6.16. The van der Waals surface area contributed by atoms with Gasteiger partial charge < -0.3 is 5.32 Å². The number of Topliss-reactive ketones (excluding diaryl/α,β-unsaturated/α-hetero) is 1. The van der Waals surface area contributed by atoms with E-state index in [1.165, 1.54) is 82.9 Å². The highest BCUT2D eigenvalue weighted by Gasteiger charge is 2.61. The fourth-order valence-corrected chi connectivity index (χ4v) is 8.83. The smallest absolute Gasteiger partial charge is 0.136 e. The Morgan fingerprint density at radius 2 is 1.86 bits per heavy atom. The van der Waals surface area contributed by atoms with Gasteiger partial charge >= 0.3 is 0 Å². The first kappa shape index (κ1) is 20.3. The summed E-state index contributed by atoms with van der Waals surface area (Å²) in [7, 11) is 0. The molecule has 5 aliphatic rings. The molecule has 2 heteroatoms. The van der Waals surface area contributed by atoms with Crippen LogP contribution in [0.2, 0.25) is 0 Å². The summed E-state index contributed by atoms with van der Waals surface area (Å²) in [5.41, 5.74) is 2.12. The summed E-state index contributed by atoms with van der Waals surface area (Å²) in [6, 6.07) is 0. The van der Waals surface area contributed by atoms with Crippen molar-refractivity contribution in [1.82, 2.24) is 5.32 Å². The largest absolute Gasteiger partial charge is 0.316 e. The van der Waals surface area contributed by atoms with E-state index < -0.39 is 0 Å². The van der Waals surface area contributed by atoms with Crippen LogP contribution in [0.25, 0.3) is 0 Å². The maximum absolute atomic E-state index is 13.5. The van der Waals surface area contributed by atoms with Gasteiger partial charge in [0, 0.05) is 12.3 Å². The minimum Gasteiger partial charge on any atom is -0.316 e. The SMILES string of the molecule is C=C1CCC2C3C(=O)CC4C[C@@H](CCC5CCCNC5)CC[C@]4(C)C3CC[C@]12C. The first-order valence-electron chi connectivity index (χ1n) is 12.8. The molecule has 1 aliphatic heterocycles. The van der Waals surface area contributed by atoms with E-state index in [4.69, 9.17) is 0 Å². The van der Waals surface area contributed by atoms with Gasteiger partial charge in [0.1, 0.15) is 5.78 Å². The summed E-state index contributed by atoms with van der Waals surface area (Å²) in [4.78, 5) is 13.5. The molecule has 29 heavy (non-hydrogen) atoms. The van der Waals surface area contributed by atoms with Gasteiger partial charge in [-0.15, -0.1) is 0 Å². The number of nitrogens with one attached hydrogen (secondary N) is 1. The quantitative estimate of drug-likeness (QED) is 0.578. The summed E-state index contributed by atoms with van der Waals surface area (Å²) in [6.07, 6.45) is 15.6. The van der Waals surface area contributed by atoms with Gasteiger partial charge in [-0.05, 0) is 118 Å². The fraction of sp³-hybridized carbons (Fsp3) is 0.889. The second-order valence-corrected chi connectivity index (χ2v) is 12.1. The lowest BCUT2D eigenvalue weighted by Gasteiger charge is -2.60. The van der Waals surface area contributed by atoms with Crippen molar-refractivity contribution in [3.05, 3.63) is 12.2 Å². The van der Waals surface area contributed by atoms with E-state index in [1.54, 1.807) is 0 Å². The first-order chi connectivity index (χ1) is 13.9. The highest BCUT2D eigenvalue weighted by Crippen LogP contribution is 2.66. The molecule has 5 rings (SSSR count). The first-order valence-corrected chi connectivity index (χ1v) is 12.8. The lowest BCUT2D eigenvalue weighted by molar-refractivity contribution is -0.154. The van der Waals surface area contributed by atoms with Crippen molar-refractivity contribution in [3.63, 3.8) is 0 Å². The van der Waals surface area contributed by atoms with Gasteiger partial charge in [-0.3, -0.25) is 4.79 Å². The topological polar surface area (TPSA) is 29.1 Å². The molecule has 0 radical (unpaired) electrons. The molecule has 0 aromatic rings. The van der Waals surface area contributed by atoms with Crippen molar-refractivity contribution in [1.29, 1.82) is 0 Å². The Morgan fingerprint density at radius 1 is 1.03 bits per heavy atom. The van der Waals surface area contributed by atoms with Crippen molar-refractivity contribution in [2.75, 3.05) is 13.1 Å². The van der Waals surface area contributed by atoms with Crippen LogP contribution in [-0.4, -0.2) is 18.9 Å². The Bertz CT molecular complexity index is 663. The third kappa shape index (κ3) is 3.27. The summed E-state index contributed by atoms with van der Waals surface area (Å²) in [5, 5.41) is 3.58. The van der Waals surface area contributed by atoms with Crippen LogP contribution in [0.5, 0.6) is 0 Å². The Hall–Kier alpha value is -0.630. The Labute approximate surface area is 178 Å². The van der Waals surface area contributed by atoms with Crippen LogP contribution in [0.4, 0.5) is 0 Å². The number of carbonyl (C=O) groups excluding carboxylic acids is 1. The van der Waals surface area contributed by atoms with Crippen LogP contribution in [0.15, 0.2) is 12.2 Å². The molecule has 2 nitrogen and oxygen atoms in total. The molecule has 0 bridgehead atoms. The number of carbonyl (C=O) groups is 1. The molecule has 5 unspecified atom stereocenters. The van der Waals surface area contributed by atoms with Crippen LogP contribution in [0.1, 0.15) is 90.9 Å². The van der Waals surface area contributed by atoms with Crippen molar-refractivity contribution < 1.29 is 4.79 Å². The van der Waals surface area contributed by atoms with Crippen LogP contribution in [0.3, 0.4) is 0 Å². The maximum Gasteiger partial charge on any atom is 0.136 e. The van der Waals surface area contributed by atoms with E-state index in [2.05, 4.69) is 25.7 Å². The number of hydrogen-bond acceptors (Lipinski definition) is 2. The van der Waals surface area contributed by atoms with Crippen LogP contribution in [0, 0.1) is 46.3 Å². The summed E-state index contributed by atoms with van der Waals surface area (Å²) >= 11 is 0. The Morgan fingerprint density at radius 3 is 2.66 bits per heavy atom. The molecular weight excluding hydrogens is 354 g/mol. The van der Waals surface area contributed by atoms with E-state index in [0.717, 1.165) is 24.7 Å². The molecule has 162 valence electrons. The van der Waals surface area contributed by atoms with Gasteiger partial charge in [0.05, 0.1) is 0 Å². The zero-order valence-electron chi connectivity index (χ0n) is 19.0. The molecule has 1 saturated heterocycles. The molecule has 0 spiro atoms. The number of ketones is 1. The monoisotopic (exact) mass is 397 g/mol. The van der Waals surface area contributed by atoms with Gasteiger partial charge in [-0.25, -0.2) is 0 Å². The van der Waals surface area contributed by atoms with Gasteiger partial charge in [0.25, 0.3) is 0 Å². The fourth-order valence-electron chi connectivity index (χ4n) is 8.83. The van der Waals surface area contributed by atoms with E-state index in [0.29, 0.717) is 34.9 Å². The summed E-state index contributed by atoms with van der Waals surface area (Å²) in [5.74, 6) is 4.67. The molecule has 4 aliphatic carbocycles. The standard InChI is InChI=1S/C27H43NO/c1-18-6-9-22-25-23(11-13-26(18,22)2)27(3)12-10-19(15-21(27)16-24(25)29)7-8-20-5-4-14-28-17-20/h19-23,25,28H,1,4-17H2,2-3H3/t19-,20?,21?,22?,23?,25?,26+,27-/m0/s1. The molecule has 0 aromatic heterocycles. The molecule has 8 atom stereocenters. The van der Waals surface area contributed by atoms with Gasteiger partial charge in [-0.2, -0.15) is 0 Å². The number of fused-ring (bicyclic) bond motifs is 5. The number of piperidine rings is 1. The Kier molecular flexibility index (Phi) is 5.25. The van der Waals surface area contributed by atoms with Crippen LogP contribution < -0.4 is 5.32 Å². The lowest BCUT2D eigenvalue weighted by atomic mass is 9.44. The Balaban J connectivity index is 1.27. The van der Waals surface area contributed by atoms with E-state index in [9.17, 15) is 4.79 Å². The van der Waals surface area contributed by atoms with E-state index in [-0.39, 0.29) is 5.41 Å². The highest BCUT2D eigenvalue weighted by atomic mass is 16.1. The van der Waals surface area contributed by atoms with Crippen LogP contribution in [-0.2, 0) is 4.79 Å². The van der Waals surface area contributed by atoms with Gasteiger partial charge in [0.15, 0.2) is 0 Å². The zero-order valence-corrected chi connectivity index (χ0v) is 19.0. The summed E-state index contributed by atoms with van der Waals surface area (Å²) < 4.78 is 0. The van der Waals surface area contributed by atoms with Crippen molar-refractivity contribution >= 4 is 5.78 Å². The zero-order chi connectivity index (χ0) is 20.2. The molecule has 0 aromatic carbocycles. The predicted molar refractivity (Wildman–Crippen MR) is 120 cm³/mol. The van der Waals surface area contributed by atoms with Gasteiger partial charge in [-0.1, -0.05) is 32.4 Å². The average molecular weight is 398 g/mol. The highest BCUT2D eigenvalue weighted by molar-refractivity contribution is 5.83. The lowest BCUT2D eigenvalue weighted by Crippen LogP contribution is -2.56. The normalized spacial score (nSPS) is 50.0. The third-order valence-electron chi connectivity index (χ3n) is 10.9. The molecule has 1 N–H and O–H groups in total. The number of rotatable bonds is 3. The van der Waals surface area contributed by atoms with Crippen molar-refractivity contribution in [2.24, 2.45) is 46.3 Å². The van der Waals surface area contributed by atoms with E-state index >= 15 is 0 Å². The maximum atomic E-state index is 13.5. The second-order valence-electron chi connectivity index (χ2n) is 12.1. The molecular formula is C27H43NO. The molecule has 5 fully saturated rings. The van der Waals surface area contributed by atoms with E-state index in [1.807, 2.05) is 0 Å². The number of allylic oxidation sites excluding steroid dienone is 1. The second kappa shape index (κ2) is 7.50. The van der Waals surface area contributed by atoms with Gasteiger partial charge in [0.2, 0.25) is 0 Å². The molecule has 1 heterocycles. The van der Waals surface area contributed by atoms with Crippen molar-refractivity contribution in [3.8, 4) is 0 Å². The van der Waals surface area contributed by atoms with Crippen molar-refractivity contribution in [2.45, 2.75) is 90.9 Å².